The Morgan fingerprint density at radius 1 is 0.588 bits per heavy atom. The second-order valence-corrected chi connectivity index (χ2v) is 11.5. The average Bonchev–Trinajstić information content (AvgIpc) is 2.83. The van der Waals surface area contributed by atoms with E-state index in [1.807, 2.05) is 60.7 Å². The Bertz CT molecular complexity index is 821. The lowest BCUT2D eigenvalue weighted by Crippen LogP contribution is -2.33. The van der Waals surface area contributed by atoms with Gasteiger partial charge in [0, 0.05) is 13.1 Å². The Balaban J connectivity index is 2.20. The first-order valence-electron chi connectivity index (χ1n) is 11.8. The molecule has 190 valence electrons. The number of benzene rings is 2. The standard InChI is InChI=1S/C24H38N2O6P2/c1-5-29-33(27,30-6-2)23(21-15-11-9-12-16-21)25-19-20-26-24(22-17-13-10-14-18-22)34(28,31-7-3)32-8-4/h9-18,23-26H,5-8,19-20H2,1-4H3/t23-,24-/m0/s1. The van der Waals surface area contributed by atoms with Crippen LogP contribution in [0.15, 0.2) is 60.7 Å². The molecule has 2 rings (SSSR count). The van der Waals surface area contributed by atoms with E-state index in [1.165, 1.54) is 0 Å². The third-order valence-electron chi connectivity index (χ3n) is 4.90. The molecule has 2 aromatic rings. The fraction of sp³-hybridized carbons (Fsp3) is 0.500. The second-order valence-electron chi connectivity index (χ2n) is 7.29. The van der Waals surface area contributed by atoms with E-state index in [1.54, 1.807) is 27.7 Å². The molecule has 0 aliphatic carbocycles. The SMILES string of the molecule is CCOP(=O)(OCC)[C@H](NCCN[C@H](c1ccccc1)P(=O)(OCC)OCC)c1ccccc1. The van der Waals surface area contributed by atoms with Gasteiger partial charge in [0.2, 0.25) is 0 Å². The van der Waals surface area contributed by atoms with Crippen LogP contribution >= 0.6 is 15.2 Å². The van der Waals surface area contributed by atoms with Gasteiger partial charge in [0.15, 0.2) is 0 Å². The highest BCUT2D eigenvalue weighted by molar-refractivity contribution is 7.54. The Kier molecular flexibility index (Phi) is 12.7. The van der Waals surface area contributed by atoms with Crippen molar-refractivity contribution in [3.8, 4) is 0 Å². The van der Waals surface area contributed by atoms with Crippen LogP contribution in [0.3, 0.4) is 0 Å². The zero-order chi connectivity index (χ0) is 24.9. The molecule has 2 aromatic carbocycles. The summed E-state index contributed by atoms with van der Waals surface area (Å²) in [6.07, 6.45) is 0. The minimum atomic E-state index is -3.47. The van der Waals surface area contributed by atoms with Gasteiger partial charge in [-0.25, -0.2) is 0 Å². The average molecular weight is 513 g/mol. The van der Waals surface area contributed by atoms with Crippen molar-refractivity contribution >= 4 is 15.2 Å². The van der Waals surface area contributed by atoms with Gasteiger partial charge in [0.05, 0.1) is 26.4 Å². The van der Waals surface area contributed by atoms with Gasteiger partial charge in [0.25, 0.3) is 0 Å². The van der Waals surface area contributed by atoms with Crippen molar-refractivity contribution in [2.24, 2.45) is 0 Å². The first kappa shape index (κ1) is 28.9. The molecule has 34 heavy (non-hydrogen) atoms. The predicted octanol–water partition coefficient (Wildman–Crippen LogP) is 6.10. The minimum Gasteiger partial charge on any atom is -0.308 e. The third-order valence-corrected chi connectivity index (χ3v) is 9.60. The van der Waals surface area contributed by atoms with E-state index < -0.39 is 26.8 Å². The van der Waals surface area contributed by atoms with Gasteiger partial charge in [-0.1, -0.05) is 60.7 Å². The fourth-order valence-corrected chi connectivity index (χ4v) is 7.57. The van der Waals surface area contributed by atoms with Crippen LogP contribution in [-0.4, -0.2) is 39.5 Å². The molecule has 0 heterocycles. The Hall–Kier alpha value is -1.34. The van der Waals surface area contributed by atoms with Gasteiger partial charge in [-0.05, 0) is 38.8 Å². The maximum Gasteiger partial charge on any atom is 0.351 e. The summed E-state index contributed by atoms with van der Waals surface area (Å²) in [6.45, 7) is 9.04. The molecule has 0 saturated carbocycles. The van der Waals surface area contributed by atoms with Crippen molar-refractivity contribution < 1.29 is 27.2 Å². The molecule has 0 saturated heterocycles. The van der Waals surface area contributed by atoms with E-state index >= 15 is 0 Å². The van der Waals surface area contributed by atoms with Crippen molar-refractivity contribution in [2.45, 2.75) is 39.3 Å². The number of hydrogen-bond acceptors (Lipinski definition) is 8. The quantitative estimate of drug-likeness (QED) is 0.194. The molecule has 0 bridgehead atoms. The topological polar surface area (TPSA) is 95.1 Å². The number of rotatable bonds is 17. The van der Waals surface area contributed by atoms with Crippen LogP contribution in [0.5, 0.6) is 0 Å². The summed E-state index contributed by atoms with van der Waals surface area (Å²) >= 11 is 0. The van der Waals surface area contributed by atoms with E-state index in [2.05, 4.69) is 10.6 Å². The van der Waals surface area contributed by atoms with Gasteiger partial charge in [-0.2, -0.15) is 0 Å². The van der Waals surface area contributed by atoms with E-state index in [0.717, 1.165) is 11.1 Å². The predicted molar refractivity (Wildman–Crippen MR) is 136 cm³/mol. The Labute approximate surface area is 203 Å². The molecule has 0 aliphatic rings. The third kappa shape index (κ3) is 8.11. The Morgan fingerprint density at radius 3 is 1.15 bits per heavy atom. The summed E-state index contributed by atoms with van der Waals surface area (Å²) in [5, 5.41) is 6.64. The van der Waals surface area contributed by atoms with Crippen molar-refractivity contribution in [3.63, 3.8) is 0 Å². The van der Waals surface area contributed by atoms with E-state index in [0.29, 0.717) is 13.1 Å². The first-order valence-corrected chi connectivity index (χ1v) is 15.0. The summed E-state index contributed by atoms with van der Waals surface area (Å²) in [5.74, 6) is -1.28. The van der Waals surface area contributed by atoms with Crippen molar-refractivity contribution in [1.82, 2.24) is 10.6 Å². The zero-order valence-electron chi connectivity index (χ0n) is 20.5. The molecule has 0 fully saturated rings. The lowest BCUT2D eigenvalue weighted by Gasteiger charge is -2.29. The fourth-order valence-electron chi connectivity index (χ4n) is 3.61. The van der Waals surface area contributed by atoms with Crippen molar-refractivity contribution in [3.05, 3.63) is 71.8 Å². The highest BCUT2D eigenvalue weighted by Gasteiger charge is 2.38. The minimum absolute atomic E-state index is 0.266. The lowest BCUT2D eigenvalue weighted by atomic mass is 10.2. The van der Waals surface area contributed by atoms with Gasteiger partial charge in [-0.15, -0.1) is 0 Å². The van der Waals surface area contributed by atoms with Crippen LogP contribution in [0.25, 0.3) is 0 Å². The van der Waals surface area contributed by atoms with Gasteiger partial charge in [-0.3, -0.25) is 19.8 Å². The molecule has 0 aliphatic heterocycles. The molecular formula is C24H38N2O6P2. The van der Waals surface area contributed by atoms with E-state index in [4.69, 9.17) is 18.1 Å². The van der Waals surface area contributed by atoms with Crippen molar-refractivity contribution in [2.75, 3.05) is 39.5 Å². The van der Waals surface area contributed by atoms with Crippen LogP contribution in [0, 0.1) is 0 Å². The molecule has 0 amide bonds. The van der Waals surface area contributed by atoms with Gasteiger partial charge in [0.1, 0.15) is 11.6 Å². The summed E-state index contributed by atoms with van der Waals surface area (Å²) in [7, 11) is -6.94. The zero-order valence-corrected chi connectivity index (χ0v) is 22.3. The second kappa shape index (κ2) is 14.9. The molecule has 8 nitrogen and oxygen atoms in total. The Morgan fingerprint density at radius 2 is 0.882 bits per heavy atom. The summed E-state index contributed by atoms with van der Waals surface area (Å²) in [4.78, 5) is 0. The van der Waals surface area contributed by atoms with Crippen LogP contribution in [0.1, 0.15) is 50.4 Å². The van der Waals surface area contributed by atoms with Gasteiger partial charge >= 0.3 is 15.2 Å². The molecular weight excluding hydrogens is 474 g/mol. The van der Waals surface area contributed by atoms with Gasteiger partial charge < -0.3 is 18.1 Å². The summed E-state index contributed by atoms with van der Waals surface area (Å²) in [5.41, 5.74) is 1.61. The highest BCUT2D eigenvalue weighted by Crippen LogP contribution is 2.60. The smallest absolute Gasteiger partial charge is 0.308 e. The molecule has 2 atom stereocenters. The molecule has 0 radical (unpaired) electrons. The summed E-state index contributed by atoms with van der Waals surface area (Å²) in [6, 6.07) is 18.9. The normalized spacial score (nSPS) is 14.1. The van der Waals surface area contributed by atoms with E-state index in [9.17, 15) is 9.13 Å². The monoisotopic (exact) mass is 512 g/mol. The van der Waals surface area contributed by atoms with Crippen LogP contribution in [0.4, 0.5) is 0 Å². The van der Waals surface area contributed by atoms with Crippen LogP contribution < -0.4 is 10.6 Å². The summed E-state index contributed by atoms with van der Waals surface area (Å²) < 4.78 is 49.6. The molecule has 2 N–H and O–H groups in total. The molecule has 0 unspecified atom stereocenters. The number of hydrogen-bond donors (Lipinski definition) is 2. The number of nitrogens with one attached hydrogen (secondary N) is 2. The van der Waals surface area contributed by atoms with Crippen LogP contribution in [-0.2, 0) is 27.2 Å². The highest BCUT2D eigenvalue weighted by atomic mass is 31.2. The maximum atomic E-state index is 13.6. The van der Waals surface area contributed by atoms with Crippen molar-refractivity contribution in [1.29, 1.82) is 0 Å². The maximum absolute atomic E-state index is 13.6. The lowest BCUT2D eigenvalue weighted by molar-refractivity contribution is 0.204. The van der Waals surface area contributed by atoms with E-state index in [-0.39, 0.29) is 26.4 Å². The largest absolute Gasteiger partial charge is 0.351 e. The molecule has 0 aromatic heterocycles. The molecule has 10 heteroatoms. The van der Waals surface area contributed by atoms with Crippen LogP contribution in [0.2, 0.25) is 0 Å². The first-order chi connectivity index (χ1) is 16.4. The molecule has 0 spiro atoms.